The van der Waals surface area contributed by atoms with Gasteiger partial charge >= 0.3 is 23.1 Å². The van der Waals surface area contributed by atoms with Crippen molar-refractivity contribution in [1.29, 1.82) is 0 Å². The molecule has 184 valence electrons. The number of hydrogen-bond acceptors (Lipinski definition) is 7. The molecule has 0 aromatic carbocycles. The fourth-order valence-electron chi connectivity index (χ4n) is 4.52. The number of halogens is 1. The van der Waals surface area contributed by atoms with Gasteiger partial charge < -0.3 is 45.6 Å². The summed E-state index contributed by atoms with van der Waals surface area (Å²) in [5, 5.41) is 2.23. The molecule has 0 saturated heterocycles. The first-order valence-corrected chi connectivity index (χ1v) is 12.4. The summed E-state index contributed by atoms with van der Waals surface area (Å²) in [4.78, 5) is 15.2. The quantitative estimate of drug-likeness (QED) is 0.289. The fraction of sp³-hybridized carbons (Fsp3) is 0.500. The van der Waals surface area contributed by atoms with Crippen LogP contribution in [0.2, 0.25) is 0 Å². The maximum Gasteiger partial charge on any atom is 2.00 e. The molecule has 7 nitrogen and oxygen atoms in total. The molecular weight excluding hydrogens is 488 g/mol. The molecule has 0 aromatic heterocycles. The summed E-state index contributed by atoms with van der Waals surface area (Å²) in [5.41, 5.74) is 0. The predicted molar refractivity (Wildman–Crippen MR) is 127 cm³/mol. The summed E-state index contributed by atoms with van der Waals surface area (Å²) >= 11 is 0. The van der Waals surface area contributed by atoms with Crippen LogP contribution in [-0.4, -0.2) is 91.4 Å². The van der Waals surface area contributed by atoms with Crippen LogP contribution < -0.4 is 17.2 Å². The van der Waals surface area contributed by atoms with E-state index in [-0.39, 0.29) is 35.5 Å². The van der Waals surface area contributed by atoms with Crippen molar-refractivity contribution in [3.05, 3.63) is 70.3 Å². The molecule has 0 aliphatic heterocycles. The van der Waals surface area contributed by atoms with E-state index in [0.717, 1.165) is 15.6 Å². The smallest absolute Gasteiger partial charge is 1.00 e. The second-order valence-electron chi connectivity index (χ2n) is 8.02. The molecule has 0 heterocycles. The van der Waals surface area contributed by atoms with Gasteiger partial charge in [-0.2, -0.15) is 0 Å². The van der Waals surface area contributed by atoms with E-state index in [1.807, 2.05) is 54.7 Å². The monoisotopic (exact) mass is 520 g/mol. The molecular formula is C24H33ClMgO7Si. The largest absolute Gasteiger partial charge is 2.00 e. The standard InChI is InChI=1S/C24H33O7Si.ClH.Mg/c1-26-22(27-2)13-7-10-19(16-22)32(25,20-11-8-14-23(17-20,28-3)29-4)21-12-9-15-24(18-21,30-5)31-6;;/h7-15H,16-18H2,1-6H3;1H;/q-1;;+2/p-1. The summed E-state index contributed by atoms with van der Waals surface area (Å²) in [7, 11) is 5.78. The van der Waals surface area contributed by atoms with Gasteiger partial charge in [-0.3, -0.25) is 0 Å². The van der Waals surface area contributed by atoms with Gasteiger partial charge in [0.15, 0.2) is 17.4 Å². The Bertz CT molecular complexity index is 770. The van der Waals surface area contributed by atoms with Crippen LogP contribution >= 0.6 is 0 Å². The van der Waals surface area contributed by atoms with E-state index in [9.17, 15) is 0 Å². The molecule has 0 N–H and O–H groups in total. The van der Waals surface area contributed by atoms with E-state index < -0.39 is 25.7 Å². The molecule has 3 rings (SSSR count). The molecule has 0 fully saturated rings. The third-order valence-corrected chi connectivity index (χ3v) is 10.4. The zero-order valence-corrected chi connectivity index (χ0v) is 23.9. The molecule has 3 aliphatic carbocycles. The summed E-state index contributed by atoms with van der Waals surface area (Å²) in [6.45, 7) is 0. The fourth-order valence-corrected chi connectivity index (χ4v) is 8.23. The Labute approximate surface area is 225 Å². The van der Waals surface area contributed by atoms with Gasteiger partial charge in [0.2, 0.25) is 0 Å². The van der Waals surface area contributed by atoms with Gasteiger partial charge in [0, 0.05) is 70.2 Å². The Hall–Kier alpha value is -0.567. The first kappa shape index (κ1) is 31.5. The van der Waals surface area contributed by atoms with E-state index in [2.05, 4.69) is 0 Å². The molecule has 34 heavy (non-hydrogen) atoms. The van der Waals surface area contributed by atoms with Crippen molar-refractivity contribution in [1.82, 2.24) is 0 Å². The van der Waals surface area contributed by atoms with Crippen molar-refractivity contribution in [3.63, 3.8) is 0 Å². The average molecular weight is 521 g/mol. The summed E-state index contributed by atoms with van der Waals surface area (Å²) < 4.78 is 34.0. The predicted octanol–water partition coefficient (Wildman–Crippen LogP) is -0.841. The maximum atomic E-state index is 15.2. The number of rotatable bonds is 9. The zero-order chi connectivity index (χ0) is 23.5. The average Bonchev–Trinajstić information content (AvgIpc) is 2.88. The second-order valence-corrected chi connectivity index (χ2v) is 11.3. The number of allylic oxidation sites excluding steroid dienone is 6. The van der Waals surface area contributed by atoms with Crippen LogP contribution in [0.3, 0.4) is 0 Å². The van der Waals surface area contributed by atoms with Crippen LogP contribution in [0.15, 0.2) is 70.3 Å². The minimum Gasteiger partial charge on any atom is -1.00 e. The Morgan fingerprint density at radius 3 is 1.03 bits per heavy atom. The van der Waals surface area contributed by atoms with E-state index in [1.54, 1.807) is 42.7 Å². The molecule has 0 radical (unpaired) electrons. The van der Waals surface area contributed by atoms with Crippen molar-refractivity contribution in [3.8, 4) is 0 Å². The summed E-state index contributed by atoms with van der Waals surface area (Å²) in [6.07, 6.45) is 17.7. The second kappa shape index (κ2) is 12.6. The minimum absolute atomic E-state index is 0. The van der Waals surface area contributed by atoms with Crippen LogP contribution in [0.4, 0.5) is 0 Å². The van der Waals surface area contributed by atoms with Crippen molar-refractivity contribution >= 4 is 31.4 Å². The van der Waals surface area contributed by atoms with Crippen molar-refractivity contribution in [2.45, 2.75) is 36.6 Å². The van der Waals surface area contributed by atoms with Gasteiger partial charge in [-0.05, 0) is 18.2 Å². The van der Waals surface area contributed by atoms with Crippen LogP contribution in [0.1, 0.15) is 19.3 Å². The third-order valence-electron chi connectivity index (χ3n) is 6.68. The first-order valence-electron chi connectivity index (χ1n) is 10.5. The first-order chi connectivity index (χ1) is 15.3. The molecule has 0 spiro atoms. The van der Waals surface area contributed by atoms with Crippen LogP contribution in [0.5, 0.6) is 0 Å². The molecule has 10 heteroatoms. The topological polar surface area (TPSA) is 78.4 Å². The Kier molecular flexibility index (Phi) is 11.7. The van der Waals surface area contributed by atoms with Crippen LogP contribution in [-0.2, 0) is 28.4 Å². The van der Waals surface area contributed by atoms with Gasteiger partial charge in [0.25, 0.3) is 0 Å². The normalized spacial score (nSPS) is 22.1. The minimum atomic E-state index is -3.71. The van der Waals surface area contributed by atoms with Gasteiger partial charge in [0.1, 0.15) is 0 Å². The van der Waals surface area contributed by atoms with Crippen molar-refractivity contribution in [2.75, 3.05) is 42.7 Å². The van der Waals surface area contributed by atoms with Gasteiger partial charge in [-0.25, -0.2) is 0 Å². The van der Waals surface area contributed by atoms with E-state index >= 15 is 4.80 Å². The van der Waals surface area contributed by atoms with Gasteiger partial charge in [-0.15, -0.1) is 0 Å². The SMILES string of the molecule is COC1(OC)C=CC=C([Si]([O-])(C2=CC=CC(OC)(OC)C2)C2=CC=CC(OC)(OC)C2)C1.[Cl-].[Mg+2]. The van der Waals surface area contributed by atoms with Gasteiger partial charge in [-0.1, -0.05) is 52.0 Å². The molecule has 3 aliphatic rings. The number of methoxy groups -OCH3 is 6. The van der Waals surface area contributed by atoms with E-state index in [1.165, 1.54) is 0 Å². The Morgan fingerprint density at radius 1 is 0.588 bits per heavy atom. The molecule has 0 aromatic rings. The van der Waals surface area contributed by atoms with Crippen LogP contribution in [0, 0.1) is 0 Å². The van der Waals surface area contributed by atoms with Gasteiger partial charge in [0.05, 0.1) is 0 Å². The molecule has 0 atom stereocenters. The zero-order valence-electron chi connectivity index (χ0n) is 20.8. The van der Waals surface area contributed by atoms with Crippen molar-refractivity contribution in [2.24, 2.45) is 0 Å². The number of ether oxygens (including phenoxy) is 6. The molecule has 0 amide bonds. The summed E-state index contributed by atoms with van der Waals surface area (Å²) in [6, 6.07) is 0. The van der Waals surface area contributed by atoms with E-state index in [0.29, 0.717) is 19.3 Å². The molecule has 0 unspecified atom stereocenters. The summed E-state index contributed by atoms with van der Waals surface area (Å²) in [5.74, 6) is -2.95. The van der Waals surface area contributed by atoms with Crippen LogP contribution in [0.25, 0.3) is 0 Å². The van der Waals surface area contributed by atoms with E-state index in [4.69, 9.17) is 28.4 Å². The third kappa shape index (κ3) is 5.71. The maximum absolute atomic E-state index is 15.2. The Balaban J connectivity index is 0.00000289. The molecule has 0 bridgehead atoms. The van der Waals surface area contributed by atoms with Crippen molar-refractivity contribution < 1.29 is 45.6 Å². The number of hydrogen-bond donors (Lipinski definition) is 0. The molecule has 0 saturated carbocycles. The Morgan fingerprint density at radius 2 is 0.824 bits per heavy atom.